The Hall–Kier alpha value is -1.22. The third-order valence-electron chi connectivity index (χ3n) is 3.75. The van der Waals surface area contributed by atoms with Crippen LogP contribution in [-0.4, -0.2) is 15.7 Å². The predicted molar refractivity (Wildman–Crippen MR) is 110 cm³/mol. The monoisotopic (exact) mass is 519 g/mol. The lowest BCUT2D eigenvalue weighted by Gasteiger charge is -2.09. The molecule has 9 heteroatoms. The van der Waals surface area contributed by atoms with Gasteiger partial charge in [0.15, 0.2) is 0 Å². The summed E-state index contributed by atoms with van der Waals surface area (Å²) in [5, 5.41) is 9.76. The maximum Gasteiger partial charge on any atom is 0.265 e. The lowest BCUT2D eigenvalue weighted by atomic mass is 10.2. The fourth-order valence-electron chi connectivity index (χ4n) is 2.42. The van der Waals surface area contributed by atoms with Crippen molar-refractivity contribution in [1.82, 2.24) is 9.78 Å². The van der Waals surface area contributed by atoms with Crippen LogP contribution in [0.2, 0.25) is 5.02 Å². The van der Waals surface area contributed by atoms with Crippen molar-refractivity contribution in [1.29, 1.82) is 0 Å². The van der Waals surface area contributed by atoms with Crippen molar-refractivity contribution in [3.8, 4) is 0 Å². The van der Waals surface area contributed by atoms with Crippen LogP contribution in [0.15, 0.2) is 32.5 Å². The molecule has 2 aromatic heterocycles. The molecule has 0 aliphatic heterocycles. The highest BCUT2D eigenvalue weighted by Gasteiger charge is 2.16. The SMILES string of the molecule is Cc1nn(Cc2csc(C(=O)Nc3c(Br)cc(F)cc3Br)c2)c(C)c1Cl. The molecule has 2 heterocycles. The van der Waals surface area contributed by atoms with Gasteiger partial charge in [0.05, 0.1) is 33.5 Å². The van der Waals surface area contributed by atoms with Crippen molar-refractivity contribution in [2.45, 2.75) is 20.4 Å². The second-order valence-electron chi connectivity index (χ2n) is 5.66. The Morgan fingerprint density at radius 2 is 1.96 bits per heavy atom. The lowest BCUT2D eigenvalue weighted by Crippen LogP contribution is -2.11. The van der Waals surface area contributed by atoms with E-state index in [9.17, 15) is 9.18 Å². The molecule has 136 valence electrons. The summed E-state index contributed by atoms with van der Waals surface area (Å²) < 4.78 is 16.1. The first kappa shape index (κ1) is 19.5. The number of halogens is 4. The van der Waals surface area contributed by atoms with Crippen molar-refractivity contribution in [2.24, 2.45) is 0 Å². The van der Waals surface area contributed by atoms with Gasteiger partial charge in [-0.2, -0.15) is 5.10 Å². The van der Waals surface area contributed by atoms with Gasteiger partial charge >= 0.3 is 0 Å². The Balaban J connectivity index is 1.77. The van der Waals surface area contributed by atoms with Crippen molar-refractivity contribution >= 4 is 66.4 Å². The van der Waals surface area contributed by atoms with E-state index in [0.717, 1.165) is 17.0 Å². The highest BCUT2D eigenvalue weighted by Crippen LogP contribution is 2.33. The summed E-state index contributed by atoms with van der Waals surface area (Å²) >= 11 is 14.0. The number of carbonyl (C=O) groups excluding carboxylic acids is 1. The van der Waals surface area contributed by atoms with Gasteiger partial charge in [0.1, 0.15) is 5.82 Å². The molecular formula is C17H13Br2ClFN3OS. The molecule has 0 radical (unpaired) electrons. The maximum atomic E-state index is 13.4. The second kappa shape index (κ2) is 7.80. The number of rotatable bonds is 4. The predicted octanol–water partition coefficient (Wildman–Crippen LogP) is 6.18. The van der Waals surface area contributed by atoms with Gasteiger partial charge in [-0.1, -0.05) is 11.6 Å². The summed E-state index contributed by atoms with van der Waals surface area (Å²) in [5.41, 5.74) is 3.11. The molecule has 0 fully saturated rings. The van der Waals surface area contributed by atoms with E-state index < -0.39 is 5.82 Å². The van der Waals surface area contributed by atoms with Gasteiger partial charge in [0.25, 0.3) is 5.91 Å². The molecule has 4 nitrogen and oxygen atoms in total. The van der Waals surface area contributed by atoms with Gasteiger partial charge < -0.3 is 5.32 Å². The molecule has 0 bridgehead atoms. The van der Waals surface area contributed by atoms with Gasteiger partial charge in [0.2, 0.25) is 0 Å². The molecule has 3 rings (SSSR count). The number of hydrogen-bond donors (Lipinski definition) is 1. The quantitative estimate of drug-likeness (QED) is 0.446. The molecule has 0 aliphatic carbocycles. The molecule has 0 spiro atoms. The highest BCUT2D eigenvalue weighted by atomic mass is 79.9. The summed E-state index contributed by atoms with van der Waals surface area (Å²) in [5.74, 6) is -0.663. The van der Waals surface area contributed by atoms with Crippen molar-refractivity contribution in [2.75, 3.05) is 5.32 Å². The Labute approximate surface area is 175 Å². The Morgan fingerprint density at radius 3 is 2.54 bits per heavy atom. The molecule has 26 heavy (non-hydrogen) atoms. The maximum absolute atomic E-state index is 13.4. The Morgan fingerprint density at radius 1 is 1.31 bits per heavy atom. The molecule has 0 atom stereocenters. The minimum absolute atomic E-state index is 0.263. The lowest BCUT2D eigenvalue weighted by molar-refractivity contribution is 0.103. The van der Waals surface area contributed by atoms with Crippen LogP contribution in [0.5, 0.6) is 0 Å². The van der Waals surface area contributed by atoms with E-state index in [1.807, 2.05) is 30.0 Å². The second-order valence-corrected chi connectivity index (χ2v) is 8.66. The van der Waals surface area contributed by atoms with Crippen molar-refractivity contribution in [3.63, 3.8) is 0 Å². The van der Waals surface area contributed by atoms with E-state index in [2.05, 4.69) is 42.3 Å². The molecular weight excluding hydrogens is 509 g/mol. The summed E-state index contributed by atoms with van der Waals surface area (Å²) in [6.45, 7) is 4.30. The molecule has 0 aliphatic rings. The van der Waals surface area contributed by atoms with Crippen LogP contribution >= 0.6 is 54.8 Å². The molecule has 0 saturated heterocycles. The zero-order valence-corrected chi connectivity index (χ0v) is 18.5. The van der Waals surface area contributed by atoms with E-state index in [0.29, 0.717) is 31.1 Å². The summed E-state index contributed by atoms with van der Waals surface area (Å²) in [4.78, 5) is 13.1. The summed E-state index contributed by atoms with van der Waals surface area (Å²) in [6.07, 6.45) is 0. The topological polar surface area (TPSA) is 46.9 Å². The summed E-state index contributed by atoms with van der Waals surface area (Å²) in [7, 11) is 0. The fraction of sp³-hybridized carbons (Fsp3) is 0.176. The van der Waals surface area contributed by atoms with Crippen LogP contribution in [0.25, 0.3) is 0 Å². The number of thiophene rings is 1. The van der Waals surface area contributed by atoms with Crippen LogP contribution in [0.4, 0.5) is 10.1 Å². The molecule has 1 N–H and O–H groups in total. The number of anilines is 1. The number of benzene rings is 1. The summed E-state index contributed by atoms with van der Waals surface area (Å²) in [6, 6.07) is 4.41. The minimum Gasteiger partial charge on any atom is -0.319 e. The average Bonchev–Trinajstić information content (AvgIpc) is 3.12. The number of amides is 1. The van der Waals surface area contributed by atoms with E-state index in [4.69, 9.17) is 11.6 Å². The number of nitrogens with one attached hydrogen (secondary N) is 1. The molecule has 1 aromatic carbocycles. The number of hydrogen-bond acceptors (Lipinski definition) is 3. The normalized spacial score (nSPS) is 11.0. The molecule has 3 aromatic rings. The van der Waals surface area contributed by atoms with Crippen LogP contribution in [0, 0.1) is 19.7 Å². The molecule has 0 unspecified atom stereocenters. The van der Waals surface area contributed by atoms with Crippen molar-refractivity contribution < 1.29 is 9.18 Å². The third kappa shape index (κ3) is 4.03. The van der Waals surface area contributed by atoms with Gasteiger partial charge in [0, 0.05) is 8.95 Å². The van der Waals surface area contributed by atoms with E-state index in [1.54, 1.807) is 0 Å². The number of nitrogens with zero attached hydrogens (tertiary/aromatic N) is 2. The first-order chi connectivity index (χ1) is 12.3. The third-order valence-corrected chi connectivity index (χ3v) is 6.52. The Bertz CT molecular complexity index is 979. The first-order valence-corrected chi connectivity index (χ1v) is 10.3. The van der Waals surface area contributed by atoms with E-state index in [-0.39, 0.29) is 5.91 Å². The van der Waals surface area contributed by atoms with Crippen LogP contribution in [0.3, 0.4) is 0 Å². The van der Waals surface area contributed by atoms with Gasteiger partial charge in [-0.3, -0.25) is 9.48 Å². The number of aromatic nitrogens is 2. The van der Waals surface area contributed by atoms with Crippen molar-refractivity contribution in [3.05, 3.63) is 65.2 Å². The largest absolute Gasteiger partial charge is 0.319 e. The van der Waals surface area contributed by atoms with Gasteiger partial charge in [-0.05, 0) is 74.8 Å². The van der Waals surface area contributed by atoms with E-state index in [1.165, 1.54) is 23.5 Å². The zero-order chi connectivity index (χ0) is 19.0. The highest BCUT2D eigenvalue weighted by molar-refractivity contribution is 9.11. The van der Waals surface area contributed by atoms with Gasteiger partial charge in [-0.25, -0.2) is 4.39 Å². The Kier molecular flexibility index (Phi) is 5.86. The molecule has 1 amide bonds. The van der Waals surface area contributed by atoms with E-state index >= 15 is 0 Å². The van der Waals surface area contributed by atoms with Crippen LogP contribution < -0.4 is 5.32 Å². The molecule has 0 saturated carbocycles. The zero-order valence-electron chi connectivity index (χ0n) is 13.7. The number of aryl methyl sites for hydroxylation is 1. The average molecular weight is 522 g/mol. The van der Waals surface area contributed by atoms with Gasteiger partial charge in [-0.15, -0.1) is 11.3 Å². The number of carbonyl (C=O) groups is 1. The van der Waals surface area contributed by atoms with Crippen LogP contribution in [0.1, 0.15) is 26.6 Å². The first-order valence-electron chi connectivity index (χ1n) is 7.49. The smallest absolute Gasteiger partial charge is 0.265 e. The van der Waals surface area contributed by atoms with Crippen LogP contribution in [-0.2, 0) is 6.54 Å². The standard InChI is InChI=1S/C17H13Br2ClFN3OS/c1-8-15(20)9(2)24(23-8)6-10-3-14(26-7-10)17(25)22-16-12(18)4-11(21)5-13(16)19/h3-5,7H,6H2,1-2H3,(H,22,25). The fourth-order valence-corrected chi connectivity index (χ4v) is 4.68. The minimum atomic E-state index is -0.399.